The number of benzene rings is 1. The van der Waals surface area contributed by atoms with Crippen molar-refractivity contribution in [3.8, 4) is 0 Å². The second-order valence-electron chi connectivity index (χ2n) is 3.35. The molecule has 0 aliphatic heterocycles. The lowest BCUT2D eigenvalue weighted by molar-refractivity contribution is -0.137. The Labute approximate surface area is 99.0 Å². The number of rotatable bonds is 4. The van der Waals surface area contributed by atoms with Gasteiger partial charge in [0.05, 0.1) is 12.2 Å². The average Bonchev–Trinajstić information content (AvgIpc) is 2.27. The smallest absolute Gasteiger partial charge is 0.374 e. The first-order valence-electron chi connectivity index (χ1n) is 4.81. The predicted molar refractivity (Wildman–Crippen MR) is 53.9 cm³/mol. The van der Waals surface area contributed by atoms with E-state index in [0.717, 1.165) is 12.1 Å². The molecule has 1 aromatic carbocycles. The summed E-state index contributed by atoms with van der Waals surface area (Å²) in [6.07, 6.45) is -4.51. The van der Waals surface area contributed by atoms with Crippen LogP contribution in [0.4, 0.5) is 27.6 Å². The second-order valence-corrected chi connectivity index (χ2v) is 3.35. The third-order valence-electron chi connectivity index (χ3n) is 1.88. The zero-order valence-corrected chi connectivity index (χ0v) is 8.94. The minimum Gasteiger partial charge on any atom is -0.374 e. The number of amides is 1. The summed E-state index contributed by atoms with van der Waals surface area (Å²) in [5, 5.41) is 3.78. The summed E-state index contributed by atoms with van der Waals surface area (Å²) in [7, 11) is 0. The molecule has 8 heteroatoms. The van der Waals surface area contributed by atoms with E-state index < -0.39 is 36.8 Å². The highest BCUT2D eigenvalue weighted by Gasteiger charge is 2.27. The first-order chi connectivity index (χ1) is 8.29. The summed E-state index contributed by atoms with van der Waals surface area (Å²) < 4.78 is 61.1. The SMILES string of the molecule is O=C(CNc1cccc(F)c1F)NCC(F)(F)F. The van der Waals surface area contributed by atoms with Crippen LogP contribution in [0.25, 0.3) is 0 Å². The van der Waals surface area contributed by atoms with Crippen molar-refractivity contribution in [1.29, 1.82) is 0 Å². The van der Waals surface area contributed by atoms with E-state index >= 15 is 0 Å². The van der Waals surface area contributed by atoms with Gasteiger partial charge in [-0.05, 0) is 12.1 Å². The lowest BCUT2D eigenvalue weighted by atomic mass is 10.3. The van der Waals surface area contributed by atoms with Gasteiger partial charge >= 0.3 is 6.18 Å². The molecule has 1 rings (SSSR count). The molecule has 2 N–H and O–H groups in total. The van der Waals surface area contributed by atoms with Gasteiger partial charge in [-0.3, -0.25) is 4.79 Å². The Bertz CT molecular complexity index is 433. The van der Waals surface area contributed by atoms with Gasteiger partial charge in [-0.25, -0.2) is 8.78 Å². The maximum absolute atomic E-state index is 13.1. The molecule has 1 amide bonds. The van der Waals surface area contributed by atoms with Gasteiger partial charge in [0.1, 0.15) is 6.54 Å². The Morgan fingerprint density at radius 1 is 1.22 bits per heavy atom. The normalized spacial score (nSPS) is 11.2. The highest BCUT2D eigenvalue weighted by atomic mass is 19.4. The van der Waals surface area contributed by atoms with Gasteiger partial charge in [-0.2, -0.15) is 13.2 Å². The van der Waals surface area contributed by atoms with E-state index in [-0.39, 0.29) is 5.69 Å². The molecule has 0 saturated heterocycles. The molecule has 0 bridgehead atoms. The van der Waals surface area contributed by atoms with E-state index in [1.54, 1.807) is 5.32 Å². The molecule has 100 valence electrons. The van der Waals surface area contributed by atoms with Crippen LogP contribution < -0.4 is 10.6 Å². The third-order valence-corrected chi connectivity index (χ3v) is 1.88. The Morgan fingerprint density at radius 2 is 1.89 bits per heavy atom. The molecule has 0 fully saturated rings. The molecular formula is C10H9F5N2O. The average molecular weight is 268 g/mol. The largest absolute Gasteiger partial charge is 0.405 e. The molecule has 1 aromatic rings. The van der Waals surface area contributed by atoms with E-state index in [2.05, 4.69) is 5.32 Å². The number of halogens is 5. The molecular weight excluding hydrogens is 259 g/mol. The van der Waals surface area contributed by atoms with Crippen molar-refractivity contribution in [3.63, 3.8) is 0 Å². The fourth-order valence-corrected chi connectivity index (χ4v) is 1.08. The van der Waals surface area contributed by atoms with Crippen LogP contribution in [0, 0.1) is 11.6 Å². The van der Waals surface area contributed by atoms with E-state index in [1.807, 2.05) is 0 Å². The van der Waals surface area contributed by atoms with Gasteiger partial charge < -0.3 is 10.6 Å². The van der Waals surface area contributed by atoms with Crippen molar-refractivity contribution in [3.05, 3.63) is 29.8 Å². The summed E-state index contributed by atoms with van der Waals surface area (Å²) in [5.74, 6) is -3.28. The van der Waals surface area contributed by atoms with E-state index in [0.29, 0.717) is 0 Å². The fraction of sp³-hybridized carbons (Fsp3) is 0.300. The molecule has 0 aliphatic rings. The highest BCUT2D eigenvalue weighted by molar-refractivity contribution is 5.80. The quantitative estimate of drug-likeness (QED) is 0.821. The van der Waals surface area contributed by atoms with Crippen LogP contribution in [0.1, 0.15) is 0 Å². The first-order valence-corrected chi connectivity index (χ1v) is 4.81. The third kappa shape index (κ3) is 4.56. The molecule has 0 unspecified atom stereocenters. The summed E-state index contributed by atoms with van der Waals surface area (Å²) in [6, 6.07) is 3.24. The maximum atomic E-state index is 13.1. The van der Waals surface area contributed by atoms with Crippen LogP contribution in [0.5, 0.6) is 0 Å². The summed E-state index contributed by atoms with van der Waals surface area (Å²) in [4.78, 5) is 11.0. The monoisotopic (exact) mass is 268 g/mol. The molecule has 0 heterocycles. The number of hydrogen-bond acceptors (Lipinski definition) is 2. The highest BCUT2D eigenvalue weighted by Crippen LogP contribution is 2.16. The van der Waals surface area contributed by atoms with Gasteiger partial charge in [-0.1, -0.05) is 6.07 Å². The van der Waals surface area contributed by atoms with Gasteiger partial charge in [0, 0.05) is 0 Å². The fourth-order valence-electron chi connectivity index (χ4n) is 1.08. The van der Waals surface area contributed by atoms with Crippen molar-refractivity contribution in [2.45, 2.75) is 6.18 Å². The van der Waals surface area contributed by atoms with Crippen molar-refractivity contribution < 1.29 is 26.7 Å². The van der Waals surface area contributed by atoms with E-state index in [9.17, 15) is 26.7 Å². The van der Waals surface area contributed by atoms with Crippen LogP contribution in [-0.4, -0.2) is 25.2 Å². The zero-order valence-electron chi connectivity index (χ0n) is 8.94. The lowest BCUT2D eigenvalue weighted by Crippen LogP contribution is -2.37. The number of alkyl halides is 3. The van der Waals surface area contributed by atoms with Crippen molar-refractivity contribution in [2.24, 2.45) is 0 Å². The number of carbonyl (C=O) groups is 1. The Morgan fingerprint density at radius 3 is 2.50 bits per heavy atom. The molecule has 3 nitrogen and oxygen atoms in total. The zero-order chi connectivity index (χ0) is 13.8. The predicted octanol–water partition coefficient (Wildman–Crippen LogP) is 2.06. The van der Waals surface area contributed by atoms with Crippen LogP contribution in [0.2, 0.25) is 0 Å². The standard InChI is InChI=1S/C10H9F5N2O/c11-6-2-1-3-7(9(6)12)16-4-8(18)17-5-10(13,14)15/h1-3,16H,4-5H2,(H,17,18). The molecule has 0 aliphatic carbocycles. The van der Waals surface area contributed by atoms with Crippen LogP contribution >= 0.6 is 0 Å². The Balaban J connectivity index is 2.46. The molecule has 0 spiro atoms. The lowest BCUT2D eigenvalue weighted by Gasteiger charge is -2.10. The number of nitrogens with one attached hydrogen (secondary N) is 2. The van der Waals surface area contributed by atoms with E-state index in [4.69, 9.17) is 0 Å². The summed E-state index contributed by atoms with van der Waals surface area (Å²) in [5.41, 5.74) is -0.294. The van der Waals surface area contributed by atoms with Crippen LogP contribution in [0.15, 0.2) is 18.2 Å². The van der Waals surface area contributed by atoms with Crippen molar-refractivity contribution in [1.82, 2.24) is 5.32 Å². The number of hydrogen-bond donors (Lipinski definition) is 2. The summed E-state index contributed by atoms with van der Waals surface area (Å²) in [6.45, 7) is -2.06. The van der Waals surface area contributed by atoms with Gasteiger partial charge in [0.25, 0.3) is 0 Å². The topological polar surface area (TPSA) is 41.1 Å². The second kappa shape index (κ2) is 5.65. The van der Waals surface area contributed by atoms with Gasteiger partial charge in [-0.15, -0.1) is 0 Å². The maximum Gasteiger partial charge on any atom is 0.405 e. The van der Waals surface area contributed by atoms with Crippen molar-refractivity contribution in [2.75, 3.05) is 18.4 Å². The molecule has 0 aromatic heterocycles. The molecule has 0 atom stereocenters. The van der Waals surface area contributed by atoms with Crippen LogP contribution in [-0.2, 0) is 4.79 Å². The molecule has 18 heavy (non-hydrogen) atoms. The Kier molecular flexibility index (Phi) is 4.46. The van der Waals surface area contributed by atoms with Gasteiger partial charge in [0.2, 0.25) is 5.91 Å². The summed E-state index contributed by atoms with van der Waals surface area (Å²) >= 11 is 0. The molecule has 0 radical (unpaired) electrons. The minimum atomic E-state index is -4.51. The van der Waals surface area contributed by atoms with Gasteiger partial charge in [0.15, 0.2) is 11.6 Å². The molecule has 0 saturated carbocycles. The van der Waals surface area contributed by atoms with Crippen molar-refractivity contribution >= 4 is 11.6 Å². The first kappa shape index (κ1) is 14.2. The van der Waals surface area contributed by atoms with Crippen LogP contribution in [0.3, 0.4) is 0 Å². The number of carbonyl (C=O) groups excluding carboxylic acids is 1. The Hall–Kier alpha value is -1.86. The minimum absolute atomic E-state index is 0.294. The number of anilines is 1. The van der Waals surface area contributed by atoms with E-state index in [1.165, 1.54) is 6.07 Å².